The number of ether oxygens (including phenoxy) is 1. The summed E-state index contributed by atoms with van der Waals surface area (Å²) < 4.78 is 7.51. The van der Waals surface area contributed by atoms with Crippen molar-refractivity contribution in [2.75, 3.05) is 0 Å². The number of carbonyl (C=O) groups excluding carboxylic acids is 1. The van der Waals surface area contributed by atoms with Gasteiger partial charge in [-0.15, -0.1) is 0 Å². The highest BCUT2D eigenvalue weighted by atomic mass is 79.9. The second-order valence-electron chi connectivity index (χ2n) is 9.00. The molecule has 6 nitrogen and oxygen atoms in total. The van der Waals surface area contributed by atoms with Crippen LogP contribution in [0.25, 0.3) is 0 Å². The summed E-state index contributed by atoms with van der Waals surface area (Å²) in [6.07, 6.45) is 2.15. The maximum atomic E-state index is 13.4. The molecule has 0 aliphatic carbocycles. The van der Waals surface area contributed by atoms with Gasteiger partial charge in [-0.3, -0.25) is 0 Å². The first-order valence-electron chi connectivity index (χ1n) is 12.3. The summed E-state index contributed by atoms with van der Waals surface area (Å²) >= 11 is 7.42. The van der Waals surface area contributed by atoms with Gasteiger partial charge in [-0.25, -0.2) is 9.59 Å². The van der Waals surface area contributed by atoms with Crippen molar-refractivity contribution in [3.63, 3.8) is 0 Å². The van der Waals surface area contributed by atoms with Crippen molar-refractivity contribution in [2.24, 2.45) is 0 Å². The van der Waals surface area contributed by atoms with Gasteiger partial charge < -0.3 is 20.1 Å². The molecular formula is C29H28Br2O6. The number of aromatic carboxylic acids is 1. The molecular weight excluding hydrogens is 604 g/mol. The van der Waals surface area contributed by atoms with E-state index in [2.05, 4.69) is 31.9 Å². The van der Waals surface area contributed by atoms with Gasteiger partial charge in [0.15, 0.2) is 5.60 Å². The largest absolute Gasteiger partial charge is 0.507 e. The monoisotopic (exact) mass is 630 g/mol. The van der Waals surface area contributed by atoms with Gasteiger partial charge in [0.25, 0.3) is 0 Å². The molecule has 0 saturated carbocycles. The summed E-state index contributed by atoms with van der Waals surface area (Å²) in [5, 5.41) is 31.5. The lowest BCUT2D eigenvalue weighted by molar-refractivity contribution is 0.0246. The molecule has 3 aromatic carbocycles. The minimum atomic E-state index is -1.47. The third kappa shape index (κ3) is 4.05. The molecule has 0 saturated heterocycles. The van der Waals surface area contributed by atoms with E-state index >= 15 is 0 Å². The number of halogens is 2. The van der Waals surface area contributed by atoms with Gasteiger partial charge in [0, 0.05) is 36.8 Å². The number of hydrogen-bond donors (Lipinski definition) is 3. The Morgan fingerprint density at radius 3 is 1.70 bits per heavy atom. The molecule has 0 atom stereocenters. The lowest BCUT2D eigenvalue weighted by atomic mass is 9.76. The van der Waals surface area contributed by atoms with Crippen LogP contribution in [0.5, 0.6) is 11.5 Å². The van der Waals surface area contributed by atoms with Gasteiger partial charge in [-0.1, -0.05) is 33.8 Å². The summed E-state index contributed by atoms with van der Waals surface area (Å²) in [7, 11) is 0. The molecule has 37 heavy (non-hydrogen) atoms. The Labute approximate surface area is 232 Å². The summed E-state index contributed by atoms with van der Waals surface area (Å²) in [5.74, 6) is -1.41. The number of phenols is 2. The summed E-state index contributed by atoms with van der Waals surface area (Å²) in [5.41, 5.74) is 3.15. The van der Waals surface area contributed by atoms with Crippen molar-refractivity contribution in [1.29, 1.82) is 0 Å². The topological polar surface area (TPSA) is 104 Å². The number of carboxylic acids is 1. The van der Waals surface area contributed by atoms with E-state index in [0.717, 1.165) is 0 Å². The van der Waals surface area contributed by atoms with Crippen LogP contribution in [0, 0.1) is 0 Å². The molecule has 0 unspecified atom stereocenters. The van der Waals surface area contributed by atoms with Crippen LogP contribution in [0.3, 0.4) is 0 Å². The van der Waals surface area contributed by atoms with E-state index in [0.29, 0.717) is 73.6 Å². The Hall–Kier alpha value is -2.84. The molecule has 1 heterocycles. The number of rotatable bonds is 7. The van der Waals surface area contributed by atoms with E-state index < -0.39 is 17.5 Å². The molecule has 194 valence electrons. The highest BCUT2D eigenvalue weighted by Crippen LogP contribution is 2.54. The fourth-order valence-electron chi connectivity index (χ4n) is 5.18. The molecule has 0 fully saturated rings. The maximum absolute atomic E-state index is 13.4. The number of benzene rings is 3. The lowest BCUT2D eigenvalue weighted by Gasteiger charge is -2.34. The molecule has 0 amide bonds. The Morgan fingerprint density at radius 2 is 1.30 bits per heavy atom. The van der Waals surface area contributed by atoms with Crippen molar-refractivity contribution in [3.05, 3.63) is 89.3 Å². The molecule has 3 N–H and O–H groups in total. The minimum absolute atomic E-state index is 0.0203. The van der Waals surface area contributed by atoms with E-state index in [4.69, 9.17) is 4.74 Å². The first-order chi connectivity index (χ1) is 17.6. The molecule has 0 spiro atoms. The SMILES string of the molecule is CCc1cc(C2(c3cc(CC)c(O)c(CC)c3Br)OC(=O)c3cc(C(=O)O)ccc32)c(Br)c(CC)c1O. The Kier molecular flexibility index (Phi) is 7.45. The van der Waals surface area contributed by atoms with Crippen molar-refractivity contribution in [1.82, 2.24) is 0 Å². The van der Waals surface area contributed by atoms with Crippen molar-refractivity contribution in [2.45, 2.75) is 59.0 Å². The summed E-state index contributed by atoms with van der Waals surface area (Å²) in [6.45, 7) is 7.75. The molecule has 0 bridgehead atoms. The molecule has 0 aromatic heterocycles. The first-order valence-corrected chi connectivity index (χ1v) is 13.8. The van der Waals surface area contributed by atoms with Crippen LogP contribution in [0.2, 0.25) is 0 Å². The van der Waals surface area contributed by atoms with E-state index in [9.17, 15) is 24.9 Å². The number of aryl methyl sites for hydroxylation is 2. The van der Waals surface area contributed by atoms with Crippen molar-refractivity contribution in [3.8, 4) is 11.5 Å². The number of carboxylic acid groups (broad SMARTS) is 1. The predicted octanol–water partition coefficient (Wildman–Crippen LogP) is 7.03. The average molecular weight is 632 g/mol. The summed E-state index contributed by atoms with van der Waals surface area (Å²) in [4.78, 5) is 25.1. The van der Waals surface area contributed by atoms with E-state index in [1.807, 2.05) is 39.8 Å². The number of carbonyl (C=O) groups is 2. The Balaban J connectivity index is 2.23. The van der Waals surface area contributed by atoms with Crippen LogP contribution in [-0.4, -0.2) is 27.3 Å². The molecule has 3 aromatic rings. The number of esters is 1. The van der Waals surface area contributed by atoms with E-state index in [1.54, 1.807) is 6.07 Å². The fourth-order valence-corrected chi connectivity index (χ4v) is 6.90. The second-order valence-corrected chi connectivity index (χ2v) is 10.6. The highest BCUT2D eigenvalue weighted by Gasteiger charge is 2.52. The first kappa shape index (κ1) is 27.2. The van der Waals surface area contributed by atoms with Crippen LogP contribution in [0.1, 0.15) is 87.4 Å². The number of cyclic esters (lactones) is 1. The predicted molar refractivity (Wildman–Crippen MR) is 148 cm³/mol. The van der Waals surface area contributed by atoms with Crippen LogP contribution >= 0.6 is 31.9 Å². The zero-order valence-corrected chi connectivity index (χ0v) is 24.2. The highest BCUT2D eigenvalue weighted by molar-refractivity contribution is 9.11. The molecule has 1 aliphatic heterocycles. The van der Waals surface area contributed by atoms with Gasteiger partial charge >= 0.3 is 11.9 Å². The van der Waals surface area contributed by atoms with E-state index in [-0.39, 0.29) is 22.6 Å². The van der Waals surface area contributed by atoms with Crippen LogP contribution in [-0.2, 0) is 36.0 Å². The van der Waals surface area contributed by atoms with Gasteiger partial charge in [0.1, 0.15) is 11.5 Å². The third-order valence-corrected chi connectivity index (χ3v) is 8.97. The number of aromatic hydroxyl groups is 2. The van der Waals surface area contributed by atoms with Gasteiger partial charge in [0.05, 0.1) is 11.1 Å². The van der Waals surface area contributed by atoms with Crippen LogP contribution < -0.4 is 0 Å². The van der Waals surface area contributed by atoms with Crippen molar-refractivity contribution >= 4 is 43.8 Å². The standard InChI is InChI=1S/C29H28Br2O6/c1-5-14-12-21(23(30)17(7-3)25(14)32)29(22-13-15(6-2)26(33)18(8-4)24(22)31)20-10-9-16(27(34)35)11-19(20)28(36)37-29/h9-13,32-33H,5-8H2,1-4H3,(H,34,35). The normalized spacial score (nSPS) is 13.9. The average Bonchev–Trinajstić information content (AvgIpc) is 3.17. The van der Waals surface area contributed by atoms with Gasteiger partial charge in [0.2, 0.25) is 0 Å². The maximum Gasteiger partial charge on any atom is 0.340 e. The quantitative estimate of drug-likeness (QED) is 0.242. The zero-order chi connectivity index (χ0) is 27.2. The third-order valence-electron chi connectivity index (χ3n) is 7.16. The Morgan fingerprint density at radius 1 is 0.811 bits per heavy atom. The van der Waals surface area contributed by atoms with Crippen LogP contribution in [0.15, 0.2) is 39.3 Å². The fraction of sp³-hybridized carbons (Fsp3) is 0.310. The minimum Gasteiger partial charge on any atom is -0.507 e. The van der Waals surface area contributed by atoms with E-state index in [1.165, 1.54) is 12.1 Å². The lowest BCUT2D eigenvalue weighted by Crippen LogP contribution is -2.31. The van der Waals surface area contributed by atoms with Crippen molar-refractivity contribution < 1.29 is 29.6 Å². The van der Waals surface area contributed by atoms with Gasteiger partial charge in [-0.2, -0.15) is 0 Å². The van der Waals surface area contributed by atoms with Crippen LogP contribution in [0.4, 0.5) is 0 Å². The molecule has 8 heteroatoms. The molecule has 0 radical (unpaired) electrons. The zero-order valence-electron chi connectivity index (χ0n) is 21.0. The number of fused-ring (bicyclic) bond motifs is 1. The molecule has 1 aliphatic rings. The number of hydrogen-bond acceptors (Lipinski definition) is 5. The number of phenolic OH excluding ortho intramolecular Hbond substituents is 2. The summed E-state index contributed by atoms with van der Waals surface area (Å²) in [6, 6.07) is 8.10. The Bertz CT molecular complexity index is 1380. The smallest absolute Gasteiger partial charge is 0.340 e. The second kappa shape index (κ2) is 10.1. The van der Waals surface area contributed by atoms with Gasteiger partial charge in [-0.05, 0) is 92.9 Å². The molecule has 4 rings (SSSR count).